The maximum atomic E-state index is 12.9. The van der Waals surface area contributed by atoms with Crippen LogP contribution in [0.25, 0.3) is 17.0 Å². The molecule has 1 atom stereocenters. The van der Waals surface area contributed by atoms with Gasteiger partial charge in [-0.15, -0.1) is 0 Å². The van der Waals surface area contributed by atoms with Crippen LogP contribution >= 0.6 is 0 Å². The molecule has 1 heterocycles. The summed E-state index contributed by atoms with van der Waals surface area (Å²) in [7, 11) is 4.57. The largest absolute Gasteiger partial charge is 0.493 e. The number of methoxy groups -OCH3 is 3. The maximum Gasteiger partial charge on any atom is 0.261 e. The van der Waals surface area contributed by atoms with Gasteiger partial charge in [-0.05, 0) is 30.7 Å². The molecular weight excluding hydrogens is 400 g/mol. The average Bonchev–Trinajstić information content (AvgIpc) is 2.79. The second kappa shape index (κ2) is 9.99. The molecule has 0 saturated heterocycles. The average molecular weight is 426 g/mol. The Balaban J connectivity index is 1.75. The lowest BCUT2D eigenvalue weighted by Crippen LogP contribution is -2.30. The Hall–Kier alpha value is -3.52. The van der Waals surface area contributed by atoms with Gasteiger partial charge in [-0.25, -0.2) is 4.98 Å². The monoisotopic (exact) mass is 426 g/mol. The Morgan fingerprint density at radius 2 is 1.71 bits per heavy atom. The zero-order chi connectivity index (χ0) is 22.4. The molecule has 0 bridgehead atoms. The summed E-state index contributed by atoms with van der Waals surface area (Å²) in [5.74, 6) is 2.00. The predicted octanol–water partition coefficient (Wildman–Crippen LogP) is 2.90. The van der Waals surface area contributed by atoms with Crippen molar-refractivity contribution in [2.24, 2.45) is 0 Å². The summed E-state index contributed by atoms with van der Waals surface area (Å²) in [6.45, 7) is 1.94. The number of hydrogen-bond acceptors (Lipinski definition) is 7. The Morgan fingerprint density at radius 1 is 1.03 bits per heavy atom. The summed E-state index contributed by atoms with van der Waals surface area (Å²) in [4.78, 5) is 17.2. The van der Waals surface area contributed by atoms with Crippen LogP contribution in [0.15, 0.2) is 47.5 Å². The lowest BCUT2D eigenvalue weighted by molar-refractivity contribution is 0.0900. The van der Waals surface area contributed by atoms with Crippen molar-refractivity contribution < 1.29 is 24.1 Å². The third kappa shape index (κ3) is 4.97. The molecule has 0 aliphatic carbocycles. The van der Waals surface area contributed by atoms with Crippen LogP contribution < -0.4 is 24.5 Å². The van der Waals surface area contributed by atoms with Crippen molar-refractivity contribution in [2.75, 3.05) is 27.9 Å². The molecule has 0 saturated carbocycles. The van der Waals surface area contributed by atoms with Crippen molar-refractivity contribution in [2.45, 2.75) is 19.6 Å². The van der Waals surface area contributed by atoms with Gasteiger partial charge in [0, 0.05) is 6.07 Å². The highest BCUT2D eigenvalue weighted by molar-refractivity contribution is 5.81. The Morgan fingerprint density at radius 3 is 2.39 bits per heavy atom. The first-order chi connectivity index (χ1) is 15.0. The van der Waals surface area contributed by atoms with Crippen LogP contribution in [0.4, 0.5) is 0 Å². The predicted molar refractivity (Wildman–Crippen MR) is 118 cm³/mol. The van der Waals surface area contributed by atoms with E-state index in [-0.39, 0.29) is 18.7 Å². The van der Waals surface area contributed by atoms with Gasteiger partial charge in [0.25, 0.3) is 5.56 Å². The standard InChI is InChI=1S/C23H26N2O6/c1-5-6-15-7-8-19(20(9-15)28-2)31-13-16(26)12-25-14-24-18-11-22(30-4)21(29-3)10-17(18)23(25)27/h5-11,14,16,26H,12-13H2,1-4H3/b6-5+/t16-/m1/s1. The Labute approximate surface area is 180 Å². The normalized spacial score (nSPS) is 12.2. The van der Waals surface area contributed by atoms with Crippen LogP contribution in [-0.2, 0) is 6.54 Å². The van der Waals surface area contributed by atoms with Crippen molar-refractivity contribution in [1.82, 2.24) is 9.55 Å². The molecular formula is C23H26N2O6. The van der Waals surface area contributed by atoms with Crippen LogP contribution in [0.3, 0.4) is 0 Å². The number of allylic oxidation sites excluding steroid dienone is 1. The molecule has 164 valence electrons. The molecule has 31 heavy (non-hydrogen) atoms. The second-order valence-electron chi connectivity index (χ2n) is 6.80. The first-order valence-electron chi connectivity index (χ1n) is 9.73. The Kier molecular flexibility index (Phi) is 7.15. The van der Waals surface area contributed by atoms with Gasteiger partial charge in [0.05, 0.1) is 45.1 Å². The third-order valence-corrected chi connectivity index (χ3v) is 4.71. The number of rotatable bonds is 9. The molecule has 0 spiro atoms. The first kappa shape index (κ1) is 22.2. The number of ether oxygens (including phenoxy) is 4. The fourth-order valence-corrected chi connectivity index (χ4v) is 3.18. The summed E-state index contributed by atoms with van der Waals surface area (Å²) in [6, 6.07) is 8.75. The van der Waals surface area contributed by atoms with Crippen LogP contribution in [0.5, 0.6) is 23.0 Å². The molecule has 0 amide bonds. The molecule has 0 radical (unpaired) electrons. The van der Waals surface area contributed by atoms with Gasteiger partial charge >= 0.3 is 0 Å². The number of fused-ring (bicyclic) bond motifs is 1. The minimum atomic E-state index is -0.933. The third-order valence-electron chi connectivity index (χ3n) is 4.71. The van der Waals surface area contributed by atoms with E-state index < -0.39 is 6.10 Å². The minimum absolute atomic E-state index is 0.0181. The van der Waals surface area contributed by atoms with E-state index in [4.69, 9.17) is 18.9 Å². The highest BCUT2D eigenvalue weighted by Gasteiger charge is 2.14. The van der Waals surface area contributed by atoms with Crippen LogP contribution in [-0.4, -0.2) is 48.7 Å². The van der Waals surface area contributed by atoms with E-state index in [2.05, 4.69) is 4.98 Å². The zero-order valence-electron chi connectivity index (χ0n) is 18.0. The van der Waals surface area contributed by atoms with Gasteiger partial charge in [-0.2, -0.15) is 0 Å². The van der Waals surface area contributed by atoms with Crippen LogP contribution in [0.2, 0.25) is 0 Å². The van der Waals surface area contributed by atoms with Crippen LogP contribution in [0.1, 0.15) is 12.5 Å². The number of aromatic nitrogens is 2. The van der Waals surface area contributed by atoms with Crippen LogP contribution in [0, 0.1) is 0 Å². The minimum Gasteiger partial charge on any atom is -0.493 e. The van der Waals surface area contributed by atoms with Crippen molar-refractivity contribution in [3.05, 3.63) is 58.7 Å². The van der Waals surface area contributed by atoms with E-state index >= 15 is 0 Å². The molecule has 8 heteroatoms. The highest BCUT2D eigenvalue weighted by atomic mass is 16.5. The maximum absolute atomic E-state index is 12.9. The van der Waals surface area contributed by atoms with Crippen molar-refractivity contribution in [3.63, 3.8) is 0 Å². The van der Waals surface area contributed by atoms with Gasteiger partial charge in [-0.1, -0.05) is 18.2 Å². The number of nitrogens with zero attached hydrogens (tertiary/aromatic N) is 2. The second-order valence-corrected chi connectivity index (χ2v) is 6.80. The van der Waals surface area contributed by atoms with E-state index in [0.717, 1.165) is 5.56 Å². The lowest BCUT2D eigenvalue weighted by atomic mass is 10.2. The van der Waals surface area contributed by atoms with Crippen molar-refractivity contribution >= 4 is 17.0 Å². The zero-order valence-corrected chi connectivity index (χ0v) is 18.0. The summed E-state index contributed by atoms with van der Waals surface area (Å²) < 4.78 is 22.9. The molecule has 0 unspecified atom stereocenters. The number of aliphatic hydroxyl groups excluding tert-OH is 1. The molecule has 0 fully saturated rings. The molecule has 3 rings (SSSR count). The molecule has 3 aromatic rings. The van der Waals surface area contributed by atoms with Crippen molar-refractivity contribution in [1.29, 1.82) is 0 Å². The number of hydrogen-bond donors (Lipinski definition) is 1. The van der Waals surface area contributed by atoms with E-state index in [1.165, 1.54) is 25.1 Å². The summed E-state index contributed by atoms with van der Waals surface area (Å²) in [6.07, 6.45) is 4.34. The summed E-state index contributed by atoms with van der Waals surface area (Å²) in [5.41, 5.74) is 1.17. The number of benzene rings is 2. The fraction of sp³-hybridized carbons (Fsp3) is 0.304. The fourth-order valence-electron chi connectivity index (χ4n) is 3.18. The molecule has 1 N–H and O–H groups in total. The van der Waals surface area contributed by atoms with Gasteiger partial charge < -0.3 is 24.1 Å². The van der Waals surface area contributed by atoms with E-state index in [0.29, 0.717) is 33.9 Å². The van der Waals surface area contributed by atoms with Gasteiger partial charge in [0.15, 0.2) is 23.0 Å². The quantitative estimate of drug-likeness (QED) is 0.562. The highest BCUT2D eigenvalue weighted by Crippen LogP contribution is 2.30. The number of aliphatic hydroxyl groups is 1. The summed E-state index contributed by atoms with van der Waals surface area (Å²) in [5, 5.41) is 10.8. The molecule has 0 aliphatic rings. The van der Waals surface area contributed by atoms with E-state index in [1.54, 1.807) is 25.3 Å². The molecule has 8 nitrogen and oxygen atoms in total. The Bertz CT molecular complexity index is 1140. The van der Waals surface area contributed by atoms with Gasteiger partial charge in [0.2, 0.25) is 0 Å². The molecule has 2 aromatic carbocycles. The topological polar surface area (TPSA) is 92.0 Å². The van der Waals surface area contributed by atoms with E-state index in [9.17, 15) is 9.90 Å². The molecule has 1 aromatic heterocycles. The van der Waals surface area contributed by atoms with Gasteiger partial charge in [-0.3, -0.25) is 9.36 Å². The smallest absolute Gasteiger partial charge is 0.261 e. The SMILES string of the molecule is C/C=C/c1ccc(OC[C@H](O)Cn2cnc3cc(OC)c(OC)cc3c2=O)c(OC)c1. The first-order valence-corrected chi connectivity index (χ1v) is 9.73. The summed E-state index contributed by atoms with van der Waals surface area (Å²) >= 11 is 0. The molecule has 0 aliphatic heterocycles. The lowest BCUT2D eigenvalue weighted by Gasteiger charge is -2.16. The van der Waals surface area contributed by atoms with Crippen molar-refractivity contribution in [3.8, 4) is 23.0 Å². The van der Waals surface area contributed by atoms with E-state index in [1.807, 2.05) is 31.2 Å². The van der Waals surface area contributed by atoms with Gasteiger partial charge in [0.1, 0.15) is 12.7 Å².